The largest absolute Gasteiger partial charge is 3.00 e. The maximum atomic E-state index is 8.89. The molecule has 0 aromatic carbocycles. The molecular formula is C8H15O7Sb. The molecule has 0 unspecified atom stereocenters. The predicted molar refractivity (Wildman–Crippen MR) is 50.6 cm³/mol. The average molecular weight is 345 g/mol. The minimum Gasteiger partial charge on any atom is -0.550 e. The second-order valence-electron chi connectivity index (χ2n) is 1.79. The van der Waals surface area contributed by atoms with Crippen LogP contribution in [0.4, 0.5) is 0 Å². The van der Waals surface area contributed by atoms with Crippen LogP contribution in [0.5, 0.6) is 0 Å². The summed E-state index contributed by atoms with van der Waals surface area (Å²) in [5.41, 5.74) is 0. The summed E-state index contributed by atoms with van der Waals surface area (Å²) in [6, 6.07) is 0. The quantitative estimate of drug-likeness (QED) is 0.440. The van der Waals surface area contributed by atoms with Gasteiger partial charge in [-0.3, -0.25) is 0 Å². The van der Waals surface area contributed by atoms with Crippen molar-refractivity contribution in [3.05, 3.63) is 0 Å². The molecule has 2 radical (unpaired) electrons. The number of carboxylic acid groups (broad SMARTS) is 3. The van der Waals surface area contributed by atoms with Gasteiger partial charge in [0.05, 0.1) is 0 Å². The number of aliphatic hydroxyl groups excluding tert-OH is 1. The Morgan fingerprint density at radius 1 is 0.875 bits per heavy atom. The number of hydrogen-bond acceptors (Lipinski definition) is 7. The summed E-state index contributed by atoms with van der Waals surface area (Å²) in [6.07, 6.45) is 0. The molecular weight excluding hydrogens is 330 g/mol. The molecule has 0 rings (SSSR count). The SMILES string of the molecule is CC(=O)[O-].CC(=O)[O-].CC(=O)[O-].CCO.[Sb+3]. The van der Waals surface area contributed by atoms with Crippen LogP contribution in [-0.2, 0) is 14.4 Å². The van der Waals surface area contributed by atoms with E-state index in [1.165, 1.54) is 0 Å². The van der Waals surface area contributed by atoms with Crippen LogP contribution >= 0.6 is 0 Å². The molecule has 0 aliphatic rings. The monoisotopic (exact) mass is 344 g/mol. The summed E-state index contributed by atoms with van der Waals surface area (Å²) in [5, 5.41) is 34.2. The van der Waals surface area contributed by atoms with Crippen LogP contribution in [0.3, 0.4) is 0 Å². The molecule has 0 aromatic heterocycles. The minimum absolute atomic E-state index is 0. The Morgan fingerprint density at radius 3 is 0.875 bits per heavy atom. The normalized spacial score (nSPS) is 5.81. The van der Waals surface area contributed by atoms with Gasteiger partial charge in [0.15, 0.2) is 0 Å². The molecule has 0 aliphatic carbocycles. The maximum Gasteiger partial charge on any atom is 3.00 e. The van der Waals surface area contributed by atoms with Crippen LogP contribution in [0.25, 0.3) is 0 Å². The molecule has 0 atom stereocenters. The van der Waals surface area contributed by atoms with Gasteiger partial charge in [-0.1, -0.05) is 0 Å². The van der Waals surface area contributed by atoms with Crippen molar-refractivity contribution < 1.29 is 34.8 Å². The first kappa shape index (κ1) is 29.5. The van der Waals surface area contributed by atoms with Crippen molar-refractivity contribution in [2.75, 3.05) is 6.61 Å². The van der Waals surface area contributed by atoms with Gasteiger partial charge < -0.3 is 34.8 Å². The number of rotatable bonds is 0. The molecule has 0 spiro atoms. The molecule has 0 saturated heterocycles. The Bertz CT molecular complexity index is 129. The number of hydrogen-bond donors (Lipinski definition) is 1. The summed E-state index contributed by atoms with van der Waals surface area (Å²) >= 11 is 0. The van der Waals surface area contributed by atoms with E-state index < -0.39 is 17.9 Å². The Balaban J connectivity index is -0.0000000331. The molecule has 0 amide bonds. The Hall–Kier alpha value is -0.812. The third kappa shape index (κ3) is 2970. The molecule has 7 nitrogen and oxygen atoms in total. The standard InChI is InChI=1S/3C2H4O2.C2H6O.Sb/c3*1-2(3)4;1-2-3;/h3*1H3,(H,3,4);3H,2H2,1H3;/q;;;;+3/p-3. The molecule has 94 valence electrons. The molecule has 0 saturated carbocycles. The fourth-order valence-electron chi connectivity index (χ4n) is 0. The molecule has 0 aromatic rings. The van der Waals surface area contributed by atoms with Crippen LogP contribution < -0.4 is 15.3 Å². The van der Waals surface area contributed by atoms with Gasteiger partial charge in [0.1, 0.15) is 0 Å². The summed E-state index contributed by atoms with van der Waals surface area (Å²) < 4.78 is 0. The fraction of sp³-hybridized carbons (Fsp3) is 0.625. The molecule has 16 heavy (non-hydrogen) atoms. The fourth-order valence-corrected chi connectivity index (χ4v) is 0. The van der Waals surface area contributed by atoms with Gasteiger partial charge in [-0.25, -0.2) is 0 Å². The zero-order chi connectivity index (χ0) is 13.4. The number of aliphatic hydroxyl groups is 1. The van der Waals surface area contributed by atoms with Gasteiger partial charge in [0, 0.05) is 24.5 Å². The molecule has 8 heteroatoms. The van der Waals surface area contributed by atoms with Crippen molar-refractivity contribution in [1.82, 2.24) is 0 Å². The van der Waals surface area contributed by atoms with Gasteiger partial charge in [0.25, 0.3) is 0 Å². The van der Waals surface area contributed by atoms with Crippen LogP contribution in [0.2, 0.25) is 0 Å². The second kappa shape index (κ2) is 29.2. The molecule has 1 N–H and O–H groups in total. The van der Waals surface area contributed by atoms with Crippen LogP contribution in [-0.4, -0.2) is 54.0 Å². The van der Waals surface area contributed by atoms with E-state index in [2.05, 4.69) is 0 Å². The van der Waals surface area contributed by atoms with Gasteiger partial charge in [0.2, 0.25) is 0 Å². The van der Waals surface area contributed by atoms with Crippen LogP contribution in [0.1, 0.15) is 27.7 Å². The van der Waals surface area contributed by atoms with E-state index in [0.717, 1.165) is 20.8 Å². The average Bonchev–Trinajstić information content (AvgIpc) is 1.81. The summed E-state index contributed by atoms with van der Waals surface area (Å²) in [4.78, 5) is 26.7. The number of aliphatic carboxylic acids is 3. The van der Waals surface area contributed by atoms with Crippen molar-refractivity contribution >= 4 is 42.3 Å². The van der Waals surface area contributed by atoms with E-state index in [4.69, 9.17) is 34.8 Å². The summed E-state index contributed by atoms with van der Waals surface area (Å²) in [6.45, 7) is 4.85. The first-order valence-corrected chi connectivity index (χ1v) is 3.75. The number of carbonyl (C=O) groups is 3. The van der Waals surface area contributed by atoms with E-state index in [1.807, 2.05) is 0 Å². The predicted octanol–water partition coefficient (Wildman–Crippen LogP) is -4.11. The number of carbonyl (C=O) groups excluding carboxylic acids is 3. The summed E-state index contributed by atoms with van der Waals surface area (Å²) in [7, 11) is 0. The van der Waals surface area contributed by atoms with Crippen molar-refractivity contribution in [3.8, 4) is 0 Å². The van der Waals surface area contributed by atoms with Crippen LogP contribution in [0, 0.1) is 0 Å². The van der Waals surface area contributed by atoms with E-state index in [-0.39, 0.29) is 31.0 Å². The van der Waals surface area contributed by atoms with E-state index in [1.54, 1.807) is 6.92 Å². The van der Waals surface area contributed by atoms with Gasteiger partial charge >= 0.3 is 24.4 Å². The molecule has 0 fully saturated rings. The van der Waals surface area contributed by atoms with E-state index >= 15 is 0 Å². The van der Waals surface area contributed by atoms with Crippen LogP contribution in [0.15, 0.2) is 0 Å². The third-order valence-electron chi connectivity index (χ3n) is 0. The Labute approximate surface area is 112 Å². The summed E-state index contributed by atoms with van der Waals surface area (Å²) in [5.74, 6) is -3.25. The smallest absolute Gasteiger partial charge is 0.550 e. The van der Waals surface area contributed by atoms with Crippen molar-refractivity contribution in [1.29, 1.82) is 0 Å². The first-order valence-electron chi connectivity index (χ1n) is 3.75. The molecule has 0 aliphatic heterocycles. The van der Waals surface area contributed by atoms with E-state index in [9.17, 15) is 0 Å². The van der Waals surface area contributed by atoms with Gasteiger partial charge in [-0.05, 0) is 27.7 Å². The Morgan fingerprint density at radius 2 is 0.875 bits per heavy atom. The zero-order valence-corrected chi connectivity index (χ0v) is 12.1. The second-order valence-corrected chi connectivity index (χ2v) is 1.79. The number of carboxylic acids is 3. The Kier molecular flexibility index (Phi) is 53.8. The molecule has 0 heterocycles. The van der Waals surface area contributed by atoms with E-state index in [0.29, 0.717) is 0 Å². The van der Waals surface area contributed by atoms with Gasteiger partial charge in [-0.2, -0.15) is 0 Å². The van der Waals surface area contributed by atoms with Crippen molar-refractivity contribution in [2.45, 2.75) is 27.7 Å². The van der Waals surface area contributed by atoms with Crippen molar-refractivity contribution in [3.63, 3.8) is 0 Å². The first-order chi connectivity index (χ1) is 6.61. The molecule has 0 bridgehead atoms. The van der Waals surface area contributed by atoms with Gasteiger partial charge in [-0.15, -0.1) is 0 Å². The van der Waals surface area contributed by atoms with Crippen molar-refractivity contribution in [2.24, 2.45) is 0 Å². The minimum atomic E-state index is -1.08. The maximum absolute atomic E-state index is 8.89. The zero-order valence-electron chi connectivity index (χ0n) is 9.55. The third-order valence-corrected chi connectivity index (χ3v) is 0. The topological polar surface area (TPSA) is 141 Å².